The first-order chi connectivity index (χ1) is 15.3. The lowest BCUT2D eigenvalue weighted by Crippen LogP contribution is -2.53. The highest BCUT2D eigenvalue weighted by Gasteiger charge is 2.54. The van der Waals surface area contributed by atoms with Gasteiger partial charge >= 0.3 is 17.6 Å². The zero-order valence-corrected chi connectivity index (χ0v) is 19.4. The number of nitro groups is 1. The van der Waals surface area contributed by atoms with Crippen LogP contribution >= 0.6 is 0 Å². The molecule has 1 aromatic carbocycles. The highest BCUT2D eigenvalue weighted by atomic mass is 16.6. The molecule has 10 heteroatoms. The van der Waals surface area contributed by atoms with Crippen LogP contribution in [0.2, 0.25) is 0 Å². The summed E-state index contributed by atoms with van der Waals surface area (Å²) in [6.45, 7) is 6.15. The minimum Gasteiger partial charge on any atom is -0.490 e. The van der Waals surface area contributed by atoms with Gasteiger partial charge in [-0.2, -0.15) is 0 Å². The molecular formula is C23H32N2O8. The summed E-state index contributed by atoms with van der Waals surface area (Å²) in [5.41, 5.74) is 0.395. The molecule has 1 atom stereocenters. The third-order valence-electron chi connectivity index (χ3n) is 6.74. The standard InChI is InChI=1S/C19H28N2O4.C4H4O4/c1-18(2)8-5-13-11-16(21(23)24)17(25-4)12-15(13)19(18,22)14-6-9-20(3)10-7-14;5-3(6)1-2-4(7)8/h11-12,14,22H,5-10H2,1-4H3;1-2H,(H,5,6)(H,7,8)/b;2-1+. The van der Waals surface area contributed by atoms with E-state index in [1.54, 1.807) is 12.1 Å². The topological polar surface area (TPSA) is 150 Å². The largest absolute Gasteiger partial charge is 0.490 e. The fourth-order valence-electron chi connectivity index (χ4n) is 4.82. The second kappa shape index (κ2) is 10.3. The Hall–Kier alpha value is -2.98. The van der Waals surface area contributed by atoms with Gasteiger partial charge in [0.2, 0.25) is 0 Å². The van der Waals surface area contributed by atoms with Gasteiger partial charge in [-0.25, -0.2) is 9.59 Å². The molecule has 0 amide bonds. The van der Waals surface area contributed by atoms with Crippen molar-refractivity contribution in [1.29, 1.82) is 0 Å². The van der Waals surface area contributed by atoms with Crippen LogP contribution in [0.5, 0.6) is 5.75 Å². The van der Waals surface area contributed by atoms with E-state index in [-0.39, 0.29) is 22.8 Å². The number of hydrogen-bond donors (Lipinski definition) is 3. The maximum atomic E-state index is 12.0. The summed E-state index contributed by atoms with van der Waals surface area (Å²) in [4.78, 5) is 32.3. The Kier molecular flexibility index (Phi) is 8.20. The van der Waals surface area contributed by atoms with Gasteiger partial charge < -0.3 is 25.0 Å². The molecule has 0 saturated carbocycles. The van der Waals surface area contributed by atoms with Crippen molar-refractivity contribution in [1.82, 2.24) is 4.90 Å². The molecule has 0 spiro atoms. The van der Waals surface area contributed by atoms with Crippen molar-refractivity contribution in [3.63, 3.8) is 0 Å². The highest BCUT2D eigenvalue weighted by molar-refractivity contribution is 5.89. The molecule has 0 bridgehead atoms. The quantitative estimate of drug-likeness (QED) is 0.339. The fraction of sp³-hybridized carbons (Fsp3) is 0.565. The Morgan fingerprint density at radius 1 is 1.18 bits per heavy atom. The van der Waals surface area contributed by atoms with Gasteiger partial charge in [0.15, 0.2) is 5.75 Å². The molecule has 1 saturated heterocycles. The second-order valence-electron chi connectivity index (χ2n) is 9.18. The predicted molar refractivity (Wildman–Crippen MR) is 120 cm³/mol. The van der Waals surface area contributed by atoms with E-state index in [1.807, 2.05) is 0 Å². The van der Waals surface area contributed by atoms with Crippen LogP contribution < -0.4 is 4.74 Å². The number of nitro benzene ring substituents is 1. The number of nitrogens with zero attached hydrogens (tertiary/aromatic N) is 2. The lowest BCUT2D eigenvalue weighted by atomic mass is 9.56. The van der Waals surface area contributed by atoms with Crippen molar-refractivity contribution >= 4 is 17.6 Å². The summed E-state index contributed by atoms with van der Waals surface area (Å²) in [5, 5.41) is 38.9. The van der Waals surface area contributed by atoms with Crippen LogP contribution in [0, 0.1) is 21.4 Å². The van der Waals surface area contributed by atoms with Gasteiger partial charge in [0.05, 0.1) is 17.6 Å². The molecule has 1 unspecified atom stereocenters. The van der Waals surface area contributed by atoms with E-state index in [0.717, 1.165) is 49.9 Å². The van der Waals surface area contributed by atoms with Crippen molar-refractivity contribution < 1.29 is 34.6 Å². The summed E-state index contributed by atoms with van der Waals surface area (Å²) in [6, 6.07) is 3.32. The van der Waals surface area contributed by atoms with Crippen LogP contribution in [0.15, 0.2) is 24.3 Å². The van der Waals surface area contributed by atoms with Gasteiger partial charge in [-0.3, -0.25) is 10.1 Å². The Bertz CT molecular complexity index is 919. The molecule has 3 rings (SSSR count). The zero-order chi connectivity index (χ0) is 25.0. The van der Waals surface area contributed by atoms with Gasteiger partial charge in [0.1, 0.15) is 0 Å². The molecule has 1 aromatic rings. The van der Waals surface area contributed by atoms with E-state index in [9.17, 15) is 24.8 Å². The average Bonchev–Trinajstić information content (AvgIpc) is 2.75. The highest BCUT2D eigenvalue weighted by Crippen LogP contribution is 2.56. The van der Waals surface area contributed by atoms with E-state index in [1.165, 1.54) is 7.11 Å². The SMILES string of the molecule is COc1cc2c(cc1[N+](=O)[O-])CCC(C)(C)C2(O)C1CCN(C)CC1.O=C(O)/C=C/C(=O)O. The van der Waals surface area contributed by atoms with E-state index >= 15 is 0 Å². The predicted octanol–water partition coefficient (Wildman–Crippen LogP) is 2.82. The Morgan fingerprint density at radius 2 is 1.73 bits per heavy atom. The summed E-state index contributed by atoms with van der Waals surface area (Å²) in [7, 11) is 3.55. The minimum atomic E-state index is -1.26. The van der Waals surface area contributed by atoms with Crippen LogP contribution in [-0.2, 0) is 21.6 Å². The van der Waals surface area contributed by atoms with Crippen molar-refractivity contribution in [3.05, 3.63) is 45.5 Å². The van der Waals surface area contributed by atoms with Gasteiger partial charge in [-0.1, -0.05) is 13.8 Å². The van der Waals surface area contributed by atoms with Crippen LogP contribution in [0.1, 0.15) is 44.2 Å². The number of aliphatic carboxylic acids is 2. The molecule has 1 fully saturated rings. The minimum absolute atomic E-state index is 0.0216. The number of carboxylic acids is 2. The number of aryl methyl sites for hydroxylation is 1. The number of hydrogen-bond acceptors (Lipinski definition) is 7. The number of carbonyl (C=O) groups is 2. The van der Waals surface area contributed by atoms with E-state index in [2.05, 4.69) is 25.8 Å². The molecule has 0 aromatic heterocycles. The van der Waals surface area contributed by atoms with Gasteiger partial charge in [-0.05, 0) is 74.3 Å². The molecule has 1 aliphatic heterocycles. The van der Waals surface area contributed by atoms with Crippen molar-refractivity contribution in [2.75, 3.05) is 27.2 Å². The number of aliphatic hydroxyl groups is 1. The lowest BCUT2D eigenvalue weighted by Gasteiger charge is -2.53. The van der Waals surface area contributed by atoms with Crippen LogP contribution in [0.25, 0.3) is 0 Å². The van der Waals surface area contributed by atoms with Crippen molar-refractivity contribution in [3.8, 4) is 5.75 Å². The molecule has 3 N–H and O–H groups in total. The van der Waals surface area contributed by atoms with Gasteiger partial charge in [0, 0.05) is 18.2 Å². The Morgan fingerprint density at radius 3 is 2.18 bits per heavy atom. The number of ether oxygens (including phenoxy) is 1. The van der Waals surface area contributed by atoms with Gasteiger partial charge in [-0.15, -0.1) is 0 Å². The van der Waals surface area contributed by atoms with E-state index in [0.29, 0.717) is 12.2 Å². The third kappa shape index (κ3) is 5.69. The van der Waals surface area contributed by atoms with Crippen LogP contribution in [-0.4, -0.2) is 64.3 Å². The average molecular weight is 465 g/mol. The molecule has 1 heterocycles. The smallest absolute Gasteiger partial charge is 0.328 e. The number of methoxy groups -OCH3 is 1. The summed E-state index contributed by atoms with van der Waals surface area (Å²) in [5.74, 6) is -2.14. The van der Waals surface area contributed by atoms with E-state index in [4.69, 9.17) is 14.9 Å². The molecule has 0 radical (unpaired) electrons. The first-order valence-corrected chi connectivity index (χ1v) is 10.7. The third-order valence-corrected chi connectivity index (χ3v) is 6.74. The van der Waals surface area contributed by atoms with Crippen LogP contribution in [0.4, 0.5) is 5.69 Å². The molecule has 10 nitrogen and oxygen atoms in total. The normalized spacial score (nSPS) is 22.7. The zero-order valence-electron chi connectivity index (χ0n) is 19.4. The first kappa shape index (κ1) is 26.3. The number of piperidine rings is 1. The molecule has 182 valence electrons. The maximum absolute atomic E-state index is 12.0. The molecule has 1 aliphatic carbocycles. The lowest BCUT2D eigenvalue weighted by molar-refractivity contribution is -0.385. The number of carboxylic acid groups (broad SMARTS) is 2. The Balaban J connectivity index is 0.000000414. The van der Waals surface area contributed by atoms with E-state index < -0.39 is 22.5 Å². The first-order valence-electron chi connectivity index (χ1n) is 10.7. The van der Waals surface area contributed by atoms with Crippen LogP contribution in [0.3, 0.4) is 0 Å². The number of rotatable bonds is 5. The fourth-order valence-corrected chi connectivity index (χ4v) is 4.82. The summed E-state index contributed by atoms with van der Waals surface area (Å²) >= 11 is 0. The van der Waals surface area contributed by atoms with Gasteiger partial charge in [0.25, 0.3) is 0 Å². The number of benzene rings is 1. The molecule has 2 aliphatic rings. The number of likely N-dealkylation sites (tertiary alicyclic amines) is 1. The molecular weight excluding hydrogens is 432 g/mol. The summed E-state index contributed by atoms with van der Waals surface area (Å²) < 4.78 is 5.28. The molecule has 33 heavy (non-hydrogen) atoms. The second-order valence-corrected chi connectivity index (χ2v) is 9.18. The summed E-state index contributed by atoms with van der Waals surface area (Å²) in [6.07, 6.45) is 4.52. The number of fused-ring (bicyclic) bond motifs is 1. The van der Waals surface area contributed by atoms with Crippen molar-refractivity contribution in [2.24, 2.45) is 11.3 Å². The monoisotopic (exact) mass is 464 g/mol. The van der Waals surface area contributed by atoms with Crippen molar-refractivity contribution in [2.45, 2.75) is 45.1 Å². The maximum Gasteiger partial charge on any atom is 0.328 e. The Labute approximate surface area is 192 Å².